The number of rotatable bonds is 4. The van der Waals surface area contributed by atoms with Crippen LogP contribution in [0, 0.1) is 11.3 Å². The third kappa shape index (κ3) is 2.39. The van der Waals surface area contributed by atoms with Gasteiger partial charge in [0.05, 0.1) is 6.04 Å². The van der Waals surface area contributed by atoms with Gasteiger partial charge < -0.3 is 9.88 Å². The van der Waals surface area contributed by atoms with Crippen molar-refractivity contribution in [1.82, 2.24) is 14.9 Å². The van der Waals surface area contributed by atoms with Gasteiger partial charge in [0.25, 0.3) is 0 Å². The number of aromatic nitrogens is 2. The average molecular weight is 235 g/mol. The molecule has 1 heterocycles. The fourth-order valence-corrected chi connectivity index (χ4v) is 3.28. The number of nitrogens with one attached hydrogen (secondary N) is 1. The molecule has 1 aliphatic carbocycles. The summed E-state index contributed by atoms with van der Waals surface area (Å²) in [4.78, 5) is 4.55. The molecule has 0 bridgehead atoms. The highest BCUT2D eigenvalue weighted by atomic mass is 15.1. The number of nitrogens with zero attached hydrogens (tertiary/aromatic N) is 2. The highest BCUT2D eigenvalue weighted by Crippen LogP contribution is 2.48. The van der Waals surface area contributed by atoms with E-state index in [1.807, 2.05) is 12.4 Å². The Morgan fingerprint density at radius 2 is 2.35 bits per heavy atom. The molecule has 0 saturated heterocycles. The second kappa shape index (κ2) is 4.81. The lowest BCUT2D eigenvalue weighted by molar-refractivity contribution is 0.191. The predicted octanol–water partition coefficient (Wildman–Crippen LogP) is 2.90. The van der Waals surface area contributed by atoms with Crippen LogP contribution in [0.5, 0.6) is 0 Å². The van der Waals surface area contributed by atoms with Crippen molar-refractivity contribution in [3.05, 3.63) is 18.2 Å². The summed E-state index contributed by atoms with van der Waals surface area (Å²) in [6, 6.07) is 0.400. The molecule has 0 aromatic carbocycles. The van der Waals surface area contributed by atoms with E-state index in [-0.39, 0.29) is 0 Å². The van der Waals surface area contributed by atoms with Crippen molar-refractivity contribution in [2.24, 2.45) is 18.4 Å². The Hall–Kier alpha value is -0.830. The van der Waals surface area contributed by atoms with Crippen LogP contribution in [0.2, 0.25) is 0 Å². The van der Waals surface area contributed by atoms with Crippen LogP contribution in [0.4, 0.5) is 0 Å². The summed E-state index contributed by atoms with van der Waals surface area (Å²) < 4.78 is 2.15. The van der Waals surface area contributed by atoms with Crippen LogP contribution in [0.3, 0.4) is 0 Å². The van der Waals surface area contributed by atoms with Crippen LogP contribution in [0.25, 0.3) is 0 Å². The predicted molar refractivity (Wildman–Crippen MR) is 70.7 cm³/mol. The van der Waals surface area contributed by atoms with Gasteiger partial charge in [-0.15, -0.1) is 0 Å². The van der Waals surface area contributed by atoms with Crippen molar-refractivity contribution in [2.75, 3.05) is 6.54 Å². The Kier molecular flexibility index (Phi) is 3.57. The van der Waals surface area contributed by atoms with Crippen molar-refractivity contribution in [1.29, 1.82) is 0 Å². The Bertz CT molecular complexity index is 367. The minimum Gasteiger partial charge on any atom is -0.337 e. The van der Waals surface area contributed by atoms with Crippen molar-refractivity contribution in [3.8, 4) is 0 Å². The molecule has 2 atom stereocenters. The summed E-state index contributed by atoms with van der Waals surface area (Å²) in [5.41, 5.74) is 0.429. The van der Waals surface area contributed by atoms with Crippen molar-refractivity contribution >= 4 is 0 Å². The van der Waals surface area contributed by atoms with Crippen LogP contribution < -0.4 is 5.32 Å². The van der Waals surface area contributed by atoms with Crippen LogP contribution in [-0.2, 0) is 7.05 Å². The van der Waals surface area contributed by atoms with Gasteiger partial charge in [0, 0.05) is 19.4 Å². The minimum absolute atomic E-state index is 0.400. The smallest absolute Gasteiger partial charge is 0.125 e. The summed E-state index contributed by atoms with van der Waals surface area (Å²) in [6.45, 7) is 7.98. The molecule has 17 heavy (non-hydrogen) atoms. The fourth-order valence-electron chi connectivity index (χ4n) is 3.28. The molecule has 0 spiro atoms. The third-order valence-electron chi connectivity index (χ3n) is 4.30. The summed E-state index contributed by atoms with van der Waals surface area (Å²) in [7, 11) is 2.09. The maximum Gasteiger partial charge on any atom is 0.125 e. The molecular weight excluding hydrogens is 210 g/mol. The second-order valence-electron chi connectivity index (χ2n) is 5.92. The minimum atomic E-state index is 0.400. The molecule has 0 amide bonds. The largest absolute Gasteiger partial charge is 0.337 e. The molecule has 2 unspecified atom stereocenters. The lowest BCUT2D eigenvalue weighted by atomic mass is 9.77. The maximum absolute atomic E-state index is 4.55. The Morgan fingerprint density at radius 3 is 2.82 bits per heavy atom. The molecule has 1 N–H and O–H groups in total. The molecule has 1 aliphatic rings. The molecule has 96 valence electrons. The van der Waals surface area contributed by atoms with E-state index in [1.165, 1.54) is 25.1 Å². The van der Waals surface area contributed by atoms with Crippen LogP contribution in [-0.4, -0.2) is 16.1 Å². The van der Waals surface area contributed by atoms with Crippen LogP contribution in [0.1, 0.15) is 51.9 Å². The van der Waals surface area contributed by atoms with E-state index >= 15 is 0 Å². The summed E-state index contributed by atoms with van der Waals surface area (Å²) in [5.74, 6) is 1.88. The monoisotopic (exact) mass is 235 g/mol. The lowest BCUT2D eigenvalue weighted by Gasteiger charge is -2.34. The molecule has 1 aromatic rings. The zero-order valence-electron chi connectivity index (χ0n) is 11.5. The fraction of sp³-hybridized carbons (Fsp3) is 0.786. The summed E-state index contributed by atoms with van der Waals surface area (Å²) in [5, 5.41) is 3.64. The molecule has 3 nitrogen and oxygen atoms in total. The van der Waals surface area contributed by atoms with Gasteiger partial charge in [0.1, 0.15) is 5.82 Å². The van der Waals surface area contributed by atoms with Crippen molar-refractivity contribution in [2.45, 2.75) is 46.1 Å². The SMILES string of the molecule is CCNC(c1nccn1C)C1CCCC1(C)C. The topological polar surface area (TPSA) is 29.9 Å². The molecule has 2 rings (SSSR count). The van der Waals surface area contributed by atoms with E-state index in [4.69, 9.17) is 0 Å². The Morgan fingerprint density at radius 1 is 1.59 bits per heavy atom. The normalized spacial score (nSPS) is 25.1. The first-order valence-corrected chi connectivity index (χ1v) is 6.77. The van der Waals surface area contributed by atoms with E-state index in [1.54, 1.807) is 0 Å². The Labute approximate surface area is 105 Å². The van der Waals surface area contributed by atoms with Crippen molar-refractivity contribution in [3.63, 3.8) is 0 Å². The molecule has 0 aliphatic heterocycles. The van der Waals surface area contributed by atoms with Crippen LogP contribution >= 0.6 is 0 Å². The van der Waals surface area contributed by atoms with Gasteiger partial charge in [-0.1, -0.05) is 27.2 Å². The quantitative estimate of drug-likeness (QED) is 0.869. The number of hydrogen-bond donors (Lipinski definition) is 1. The van der Waals surface area contributed by atoms with E-state index in [2.05, 4.69) is 42.7 Å². The zero-order valence-corrected chi connectivity index (χ0v) is 11.5. The number of imidazole rings is 1. The van der Waals surface area contributed by atoms with E-state index < -0.39 is 0 Å². The average Bonchev–Trinajstić information content (AvgIpc) is 2.81. The van der Waals surface area contributed by atoms with Gasteiger partial charge in [0.15, 0.2) is 0 Å². The summed E-state index contributed by atoms with van der Waals surface area (Å²) in [6.07, 6.45) is 7.95. The molecule has 0 radical (unpaired) electrons. The molecule has 1 saturated carbocycles. The lowest BCUT2D eigenvalue weighted by Crippen LogP contribution is -2.35. The van der Waals surface area contributed by atoms with Gasteiger partial charge in [-0.05, 0) is 30.7 Å². The van der Waals surface area contributed by atoms with Gasteiger partial charge in [-0.25, -0.2) is 4.98 Å². The summed E-state index contributed by atoms with van der Waals surface area (Å²) >= 11 is 0. The van der Waals surface area contributed by atoms with Gasteiger partial charge in [-0.2, -0.15) is 0 Å². The van der Waals surface area contributed by atoms with E-state index in [0.717, 1.165) is 6.54 Å². The van der Waals surface area contributed by atoms with E-state index in [9.17, 15) is 0 Å². The zero-order chi connectivity index (χ0) is 12.5. The number of aryl methyl sites for hydroxylation is 1. The Balaban J connectivity index is 2.26. The highest BCUT2D eigenvalue weighted by molar-refractivity contribution is 5.05. The first-order valence-electron chi connectivity index (χ1n) is 6.77. The number of hydrogen-bond acceptors (Lipinski definition) is 2. The third-order valence-corrected chi connectivity index (χ3v) is 4.30. The maximum atomic E-state index is 4.55. The van der Waals surface area contributed by atoms with Gasteiger partial charge in [-0.3, -0.25) is 0 Å². The van der Waals surface area contributed by atoms with Gasteiger partial charge in [0.2, 0.25) is 0 Å². The first kappa shape index (κ1) is 12.6. The molecule has 1 fully saturated rings. The molecule has 3 heteroatoms. The first-order chi connectivity index (χ1) is 8.06. The van der Waals surface area contributed by atoms with Crippen molar-refractivity contribution < 1.29 is 0 Å². The van der Waals surface area contributed by atoms with Gasteiger partial charge >= 0.3 is 0 Å². The second-order valence-corrected chi connectivity index (χ2v) is 5.92. The van der Waals surface area contributed by atoms with Crippen LogP contribution in [0.15, 0.2) is 12.4 Å². The molecule has 1 aromatic heterocycles. The standard InChI is InChI=1S/C14H25N3/c1-5-15-12(13-16-9-10-17(13)4)11-7-6-8-14(11,2)3/h9-12,15H,5-8H2,1-4H3. The van der Waals surface area contributed by atoms with E-state index in [0.29, 0.717) is 17.4 Å². The highest BCUT2D eigenvalue weighted by Gasteiger charge is 2.41. The molecular formula is C14H25N3.